The van der Waals surface area contributed by atoms with Crippen LogP contribution in [0.5, 0.6) is 5.75 Å². The zero-order valence-electron chi connectivity index (χ0n) is 17.0. The monoisotopic (exact) mass is 434 g/mol. The van der Waals surface area contributed by atoms with E-state index in [1.54, 1.807) is 4.90 Å². The van der Waals surface area contributed by atoms with Crippen LogP contribution in [0.2, 0.25) is 0 Å². The summed E-state index contributed by atoms with van der Waals surface area (Å²) in [6.07, 6.45) is -2.19. The van der Waals surface area contributed by atoms with Gasteiger partial charge >= 0.3 is 6.18 Å². The lowest BCUT2D eigenvalue weighted by Gasteiger charge is -2.32. The number of likely N-dealkylation sites (tertiary alicyclic amines) is 1. The van der Waals surface area contributed by atoms with Crippen LogP contribution in [0, 0.1) is 0 Å². The summed E-state index contributed by atoms with van der Waals surface area (Å²) < 4.78 is 43.5. The lowest BCUT2D eigenvalue weighted by Crippen LogP contribution is -2.46. The summed E-state index contributed by atoms with van der Waals surface area (Å²) in [5.74, 6) is 0.431. The Morgan fingerprint density at radius 3 is 2.26 bits per heavy atom. The summed E-state index contributed by atoms with van der Waals surface area (Å²) >= 11 is 0. The molecule has 0 saturated carbocycles. The Bertz CT molecular complexity index is 862. The number of carbonyl (C=O) groups is 2. The normalized spacial score (nSPS) is 14.9. The number of rotatable bonds is 7. The third-order valence-electron chi connectivity index (χ3n) is 5.20. The molecule has 0 aliphatic carbocycles. The minimum atomic E-state index is -4.43. The van der Waals surface area contributed by atoms with E-state index in [-0.39, 0.29) is 17.5 Å². The predicted octanol–water partition coefficient (Wildman–Crippen LogP) is 4.29. The molecule has 0 unspecified atom stereocenters. The quantitative estimate of drug-likeness (QED) is 0.662. The second kappa shape index (κ2) is 10.3. The lowest BCUT2D eigenvalue weighted by atomic mass is 10.0. The Balaban J connectivity index is 1.37. The first-order valence-corrected chi connectivity index (χ1v) is 10.3. The van der Waals surface area contributed by atoms with Crippen LogP contribution in [0.3, 0.4) is 0 Å². The second-order valence-electron chi connectivity index (χ2n) is 7.47. The van der Waals surface area contributed by atoms with Gasteiger partial charge in [-0.05, 0) is 55.7 Å². The molecule has 1 aliphatic heterocycles. The summed E-state index contributed by atoms with van der Waals surface area (Å²) in [5, 5.41) is 2.85. The third-order valence-corrected chi connectivity index (χ3v) is 5.20. The zero-order valence-corrected chi connectivity index (χ0v) is 17.0. The van der Waals surface area contributed by atoms with Gasteiger partial charge in [0.2, 0.25) is 5.91 Å². The van der Waals surface area contributed by atoms with Crippen molar-refractivity contribution in [2.75, 3.05) is 19.7 Å². The van der Waals surface area contributed by atoms with Crippen molar-refractivity contribution in [3.63, 3.8) is 0 Å². The van der Waals surface area contributed by atoms with Gasteiger partial charge in [-0.25, -0.2) is 0 Å². The van der Waals surface area contributed by atoms with Crippen molar-refractivity contribution in [2.24, 2.45) is 0 Å². The first-order chi connectivity index (χ1) is 14.8. The van der Waals surface area contributed by atoms with Gasteiger partial charge in [0.1, 0.15) is 5.75 Å². The van der Waals surface area contributed by atoms with Gasteiger partial charge in [0.15, 0.2) is 0 Å². The lowest BCUT2D eigenvalue weighted by molar-refractivity contribution is -0.137. The molecule has 1 N–H and O–H groups in total. The number of nitrogens with one attached hydrogen (secondary N) is 1. The topological polar surface area (TPSA) is 58.6 Å². The number of hydrogen-bond acceptors (Lipinski definition) is 3. The predicted molar refractivity (Wildman–Crippen MR) is 110 cm³/mol. The van der Waals surface area contributed by atoms with Gasteiger partial charge in [-0.15, -0.1) is 0 Å². The summed E-state index contributed by atoms with van der Waals surface area (Å²) in [6.45, 7) is 1.54. The van der Waals surface area contributed by atoms with E-state index in [9.17, 15) is 22.8 Å². The molecule has 8 heteroatoms. The molecule has 1 heterocycles. The SMILES string of the molecule is O=C(NC1CCN(C(=O)CCCOc2ccccc2)CC1)c1ccc(C(F)(F)F)cc1. The van der Waals surface area contributed by atoms with E-state index in [1.165, 1.54) is 12.1 Å². The largest absolute Gasteiger partial charge is 0.494 e. The molecule has 0 radical (unpaired) electrons. The fourth-order valence-corrected chi connectivity index (χ4v) is 3.44. The van der Waals surface area contributed by atoms with Crippen molar-refractivity contribution in [3.05, 3.63) is 65.7 Å². The molecule has 1 fully saturated rings. The van der Waals surface area contributed by atoms with Crippen LogP contribution in [0.4, 0.5) is 13.2 Å². The summed E-state index contributed by atoms with van der Waals surface area (Å²) in [6, 6.07) is 13.5. The highest BCUT2D eigenvalue weighted by Crippen LogP contribution is 2.29. The smallest absolute Gasteiger partial charge is 0.416 e. The Kier molecular flexibility index (Phi) is 7.55. The van der Waals surface area contributed by atoms with Gasteiger partial charge in [0.05, 0.1) is 12.2 Å². The van der Waals surface area contributed by atoms with Crippen LogP contribution in [-0.4, -0.2) is 42.5 Å². The van der Waals surface area contributed by atoms with E-state index >= 15 is 0 Å². The number of halogens is 3. The van der Waals surface area contributed by atoms with E-state index in [2.05, 4.69) is 5.32 Å². The van der Waals surface area contributed by atoms with E-state index in [4.69, 9.17) is 4.74 Å². The minimum Gasteiger partial charge on any atom is -0.494 e. The molecular formula is C23H25F3N2O3. The first-order valence-electron chi connectivity index (χ1n) is 10.3. The van der Waals surface area contributed by atoms with Crippen molar-refractivity contribution >= 4 is 11.8 Å². The van der Waals surface area contributed by atoms with Crippen molar-refractivity contribution in [3.8, 4) is 5.75 Å². The molecule has 166 valence electrons. The molecule has 2 aromatic rings. The van der Waals surface area contributed by atoms with Crippen LogP contribution in [0.1, 0.15) is 41.6 Å². The maximum atomic E-state index is 12.6. The summed E-state index contributed by atoms with van der Waals surface area (Å²) in [7, 11) is 0. The van der Waals surface area contributed by atoms with Gasteiger partial charge in [0, 0.05) is 31.1 Å². The Hall–Kier alpha value is -3.03. The number of carbonyl (C=O) groups excluding carboxylic acids is 2. The second-order valence-corrected chi connectivity index (χ2v) is 7.47. The molecule has 0 aromatic heterocycles. The van der Waals surface area contributed by atoms with Crippen molar-refractivity contribution < 1.29 is 27.5 Å². The number of amides is 2. The molecule has 0 atom stereocenters. The molecule has 0 spiro atoms. The highest BCUT2D eigenvalue weighted by atomic mass is 19.4. The van der Waals surface area contributed by atoms with Crippen LogP contribution < -0.4 is 10.1 Å². The molecule has 1 saturated heterocycles. The summed E-state index contributed by atoms with van der Waals surface area (Å²) in [4.78, 5) is 26.4. The average Bonchev–Trinajstić information content (AvgIpc) is 2.77. The fraction of sp³-hybridized carbons (Fsp3) is 0.391. The maximum Gasteiger partial charge on any atom is 0.416 e. The molecule has 2 amide bonds. The molecular weight excluding hydrogens is 409 g/mol. The Labute approximate surface area is 179 Å². The number of hydrogen-bond donors (Lipinski definition) is 1. The van der Waals surface area contributed by atoms with Crippen molar-refractivity contribution in [1.82, 2.24) is 10.2 Å². The van der Waals surface area contributed by atoms with Crippen LogP contribution in [0.15, 0.2) is 54.6 Å². The number of benzene rings is 2. The summed E-state index contributed by atoms with van der Waals surface area (Å²) in [5.41, 5.74) is -0.602. The zero-order chi connectivity index (χ0) is 22.3. The van der Waals surface area contributed by atoms with Crippen LogP contribution >= 0.6 is 0 Å². The number of para-hydroxylation sites is 1. The first kappa shape index (κ1) is 22.7. The van der Waals surface area contributed by atoms with Crippen LogP contribution in [-0.2, 0) is 11.0 Å². The molecule has 31 heavy (non-hydrogen) atoms. The van der Waals surface area contributed by atoms with Gasteiger partial charge in [0.25, 0.3) is 5.91 Å². The van der Waals surface area contributed by atoms with Gasteiger partial charge < -0.3 is 15.0 Å². The Morgan fingerprint density at radius 1 is 1.00 bits per heavy atom. The van der Waals surface area contributed by atoms with E-state index in [1.807, 2.05) is 30.3 Å². The molecule has 1 aliphatic rings. The van der Waals surface area contributed by atoms with E-state index < -0.39 is 17.6 Å². The molecule has 5 nitrogen and oxygen atoms in total. The number of alkyl halides is 3. The van der Waals surface area contributed by atoms with E-state index in [0.29, 0.717) is 45.4 Å². The average molecular weight is 434 g/mol. The Morgan fingerprint density at radius 2 is 1.65 bits per heavy atom. The van der Waals surface area contributed by atoms with Crippen molar-refractivity contribution in [2.45, 2.75) is 37.9 Å². The minimum absolute atomic E-state index is 0.0594. The van der Waals surface area contributed by atoms with Crippen LogP contribution in [0.25, 0.3) is 0 Å². The standard InChI is InChI=1S/C23H25F3N2O3/c24-23(25,26)18-10-8-17(9-11-18)22(30)27-19-12-14-28(15-13-19)21(29)7-4-16-31-20-5-2-1-3-6-20/h1-3,5-6,8-11,19H,4,7,12-16H2,(H,27,30). The fourth-order valence-electron chi connectivity index (χ4n) is 3.44. The number of ether oxygens (including phenoxy) is 1. The third kappa shape index (κ3) is 6.73. The number of piperidine rings is 1. The molecule has 0 bridgehead atoms. The highest BCUT2D eigenvalue weighted by molar-refractivity contribution is 5.94. The van der Waals surface area contributed by atoms with E-state index in [0.717, 1.165) is 17.9 Å². The van der Waals surface area contributed by atoms with Gasteiger partial charge in [-0.1, -0.05) is 18.2 Å². The highest BCUT2D eigenvalue weighted by Gasteiger charge is 2.30. The van der Waals surface area contributed by atoms with Gasteiger partial charge in [-0.2, -0.15) is 13.2 Å². The van der Waals surface area contributed by atoms with Crippen molar-refractivity contribution in [1.29, 1.82) is 0 Å². The number of nitrogens with zero attached hydrogens (tertiary/aromatic N) is 1. The molecule has 3 rings (SSSR count). The van der Waals surface area contributed by atoms with Gasteiger partial charge in [-0.3, -0.25) is 9.59 Å². The maximum absolute atomic E-state index is 12.6. The molecule has 2 aromatic carbocycles.